The standard InChI is InChI=1S/C18H24F3N5O3/c19-11-5-13(17-23-16(24-29-17)10-1-2-10)26(7-11)15(28)6-12(22)8-25-9-18(20,21)4-3-14(25)27/h10-13H,1-9,22H2/t11-,12-,13-/m0/s1. The third-order valence-electron chi connectivity index (χ3n) is 5.63. The number of amides is 2. The minimum atomic E-state index is -2.95. The molecule has 3 aliphatic rings. The highest BCUT2D eigenvalue weighted by atomic mass is 19.3. The monoisotopic (exact) mass is 415 g/mol. The van der Waals surface area contributed by atoms with E-state index in [4.69, 9.17) is 10.3 Å². The van der Waals surface area contributed by atoms with Crippen LogP contribution in [-0.2, 0) is 9.59 Å². The number of nitrogens with two attached hydrogens (primary N) is 1. The summed E-state index contributed by atoms with van der Waals surface area (Å²) < 4.78 is 46.4. The number of nitrogens with zero attached hydrogens (tertiary/aromatic N) is 4. The molecule has 1 saturated carbocycles. The molecular weight excluding hydrogens is 391 g/mol. The molecule has 0 unspecified atom stereocenters. The quantitative estimate of drug-likeness (QED) is 0.756. The summed E-state index contributed by atoms with van der Waals surface area (Å²) in [5.74, 6) is -2.72. The van der Waals surface area contributed by atoms with Crippen LogP contribution in [0.2, 0.25) is 0 Å². The molecule has 2 amide bonds. The first-order valence-electron chi connectivity index (χ1n) is 9.90. The number of hydrogen-bond donors (Lipinski definition) is 1. The van der Waals surface area contributed by atoms with E-state index >= 15 is 0 Å². The Labute approximate surface area is 165 Å². The van der Waals surface area contributed by atoms with Gasteiger partial charge in [-0.25, -0.2) is 13.2 Å². The van der Waals surface area contributed by atoms with Gasteiger partial charge >= 0.3 is 0 Å². The fraction of sp³-hybridized carbons (Fsp3) is 0.778. The van der Waals surface area contributed by atoms with E-state index in [1.54, 1.807) is 0 Å². The number of alkyl halides is 3. The van der Waals surface area contributed by atoms with Gasteiger partial charge in [0.05, 0.1) is 13.1 Å². The molecule has 3 atom stereocenters. The van der Waals surface area contributed by atoms with E-state index < -0.39 is 49.0 Å². The van der Waals surface area contributed by atoms with Crippen molar-refractivity contribution in [1.82, 2.24) is 19.9 Å². The maximum absolute atomic E-state index is 14.0. The zero-order valence-electron chi connectivity index (χ0n) is 15.9. The van der Waals surface area contributed by atoms with Gasteiger partial charge in [-0.1, -0.05) is 5.16 Å². The fourth-order valence-corrected chi connectivity index (χ4v) is 3.93. The third-order valence-corrected chi connectivity index (χ3v) is 5.63. The highest BCUT2D eigenvalue weighted by Crippen LogP contribution is 2.40. The topological polar surface area (TPSA) is 106 Å². The molecule has 0 radical (unpaired) electrons. The third kappa shape index (κ3) is 4.54. The van der Waals surface area contributed by atoms with E-state index in [0.717, 1.165) is 17.7 Å². The minimum Gasteiger partial charge on any atom is -0.337 e. The summed E-state index contributed by atoms with van der Waals surface area (Å²) in [5, 5.41) is 3.92. The molecule has 0 bridgehead atoms. The maximum Gasteiger partial charge on any atom is 0.265 e. The van der Waals surface area contributed by atoms with Crippen molar-refractivity contribution in [2.24, 2.45) is 5.73 Å². The lowest BCUT2D eigenvalue weighted by Gasteiger charge is -2.34. The first-order chi connectivity index (χ1) is 13.7. The molecule has 0 aromatic carbocycles. The van der Waals surface area contributed by atoms with Crippen LogP contribution in [0.5, 0.6) is 0 Å². The van der Waals surface area contributed by atoms with Gasteiger partial charge in [0.15, 0.2) is 5.82 Å². The predicted molar refractivity (Wildman–Crippen MR) is 93.6 cm³/mol. The van der Waals surface area contributed by atoms with Crippen molar-refractivity contribution in [2.45, 2.75) is 68.6 Å². The average molecular weight is 415 g/mol. The van der Waals surface area contributed by atoms with Crippen LogP contribution in [0.15, 0.2) is 4.52 Å². The summed E-state index contributed by atoms with van der Waals surface area (Å²) in [6, 6.07) is -1.49. The zero-order valence-corrected chi connectivity index (χ0v) is 15.9. The van der Waals surface area contributed by atoms with E-state index in [2.05, 4.69) is 10.1 Å². The number of hydrogen-bond acceptors (Lipinski definition) is 6. The molecule has 8 nitrogen and oxygen atoms in total. The molecule has 1 aromatic rings. The van der Waals surface area contributed by atoms with Crippen LogP contribution in [0.25, 0.3) is 0 Å². The van der Waals surface area contributed by atoms with Gasteiger partial charge in [-0.15, -0.1) is 0 Å². The van der Waals surface area contributed by atoms with Crippen molar-refractivity contribution >= 4 is 11.8 Å². The molecule has 3 heterocycles. The molecule has 11 heteroatoms. The van der Waals surface area contributed by atoms with Gasteiger partial charge in [0.1, 0.15) is 12.2 Å². The molecule has 0 spiro atoms. The van der Waals surface area contributed by atoms with Crippen LogP contribution in [0.4, 0.5) is 13.2 Å². The second-order valence-electron chi connectivity index (χ2n) is 8.25. The highest BCUT2D eigenvalue weighted by molar-refractivity contribution is 5.79. The van der Waals surface area contributed by atoms with E-state index in [1.165, 1.54) is 4.90 Å². The number of likely N-dealkylation sites (tertiary alicyclic amines) is 2. The number of carbonyl (C=O) groups excluding carboxylic acids is 2. The summed E-state index contributed by atoms with van der Waals surface area (Å²) in [4.78, 5) is 31.2. The Morgan fingerprint density at radius 1 is 1.38 bits per heavy atom. The first-order valence-corrected chi connectivity index (χ1v) is 9.90. The molecule has 2 N–H and O–H groups in total. The number of aromatic nitrogens is 2. The van der Waals surface area contributed by atoms with E-state index in [9.17, 15) is 22.8 Å². The summed E-state index contributed by atoms with van der Waals surface area (Å²) in [7, 11) is 0. The lowest BCUT2D eigenvalue weighted by molar-refractivity contribution is -0.148. The fourth-order valence-electron chi connectivity index (χ4n) is 3.93. The predicted octanol–water partition coefficient (Wildman–Crippen LogP) is 1.53. The SMILES string of the molecule is N[C@@H](CC(=O)N1C[C@@H](F)C[C@H]1c1nc(C2CC2)no1)CN1CC(F)(F)CCC1=O. The Morgan fingerprint density at radius 3 is 2.86 bits per heavy atom. The van der Waals surface area contributed by atoms with E-state index in [0.29, 0.717) is 5.82 Å². The number of carbonyl (C=O) groups is 2. The summed E-state index contributed by atoms with van der Waals surface area (Å²) in [6.45, 7) is -0.958. The molecule has 2 saturated heterocycles. The molecule has 4 rings (SSSR count). The average Bonchev–Trinajstić information content (AvgIpc) is 3.23. The van der Waals surface area contributed by atoms with Crippen LogP contribution >= 0.6 is 0 Å². The van der Waals surface area contributed by atoms with Crippen molar-refractivity contribution < 1.29 is 27.3 Å². The van der Waals surface area contributed by atoms with Gasteiger partial charge in [0.2, 0.25) is 17.7 Å². The van der Waals surface area contributed by atoms with Gasteiger partial charge in [-0.05, 0) is 12.8 Å². The van der Waals surface area contributed by atoms with Gasteiger partial charge < -0.3 is 20.1 Å². The lowest BCUT2D eigenvalue weighted by atomic mass is 10.0. The Bertz CT molecular complexity index is 785. The Balaban J connectivity index is 1.37. The van der Waals surface area contributed by atoms with E-state index in [1.807, 2.05) is 0 Å². The highest BCUT2D eigenvalue weighted by Gasteiger charge is 2.42. The number of piperidine rings is 1. The second-order valence-corrected chi connectivity index (χ2v) is 8.25. The Morgan fingerprint density at radius 2 is 2.14 bits per heavy atom. The molecule has 1 aliphatic carbocycles. The second kappa shape index (κ2) is 7.58. The Kier molecular flexibility index (Phi) is 5.26. The molecular formula is C18H24F3N5O3. The van der Waals surface area contributed by atoms with Gasteiger partial charge in [-0.3, -0.25) is 9.59 Å². The lowest BCUT2D eigenvalue weighted by Crippen LogP contribution is -2.51. The normalized spacial score (nSPS) is 28.1. The summed E-state index contributed by atoms with van der Waals surface area (Å²) >= 11 is 0. The van der Waals surface area contributed by atoms with Crippen LogP contribution in [-0.4, -0.2) is 69.5 Å². The minimum absolute atomic E-state index is 0.0596. The van der Waals surface area contributed by atoms with Crippen molar-refractivity contribution in [3.8, 4) is 0 Å². The van der Waals surface area contributed by atoms with Crippen LogP contribution in [0, 0.1) is 0 Å². The molecule has 160 valence electrons. The molecule has 1 aromatic heterocycles. The van der Waals surface area contributed by atoms with Crippen molar-refractivity contribution in [3.05, 3.63) is 11.7 Å². The van der Waals surface area contributed by atoms with Crippen molar-refractivity contribution in [1.29, 1.82) is 0 Å². The van der Waals surface area contributed by atoms with Crippen LogP contribution < -0.4 is 5.73 Å². The summed E-state index contributed by atoms with van der Waals surface area (Å²) in [6.07, 6.45) is -0.101. The van der Waals surface area contributed by atoms with Crippen molar-refractivity contribution in [2.75, 3.05) is 19.6 Å². The molecule has 3 fully saturated rings. The Hall–Kier alpha value is -2.17. The largest absolute Gasteiger partial charge is 0.337 e. The zero-order chi connectivity index (χ0) is 20.8. The summed E-state index contributed by atoms with van der Waals surface area (Å²) in [5.41, 5.74) is 5.96. The molecule has 29 heavy (non-hydrogen) atoms. The van der Waals surface area contributed by atoms with Gasteiger partial charge in [0, 0.05) is 44.2 Å². The smallest absolute Gasteiger partial charge is 0.265 e. The van der Waals surface area contributed by atoms with Gasteiger partial charge in [-0.2, -0.15) is 4.98 Å². The number of halogens is 3. The molecule has 2 aliphatic heterocycles. The van der Waals surface area contributed by atoms with Gasteiger partial charge in [0.25, 0.3) is 5.92 Å². The van der Waals surface area contributed by atoms with Crippen molar-refractivity contribution in [3.63, 3.8) is 0 Å². The van der Waals surface area contributed by atoms with Crippen LogP contribution in [0.1, 0.15) is 62.2 Å². The maximum atomic E-state index is 14.0. The number of rotatable bonds is 6. The first kappa shape index (κ1) is 20.1. The van der Waals surface area contributed by atoms with Crippen LogP contribution in [0.3, 0.4) is 0 Å². The van der Waals surface area contributed by atoms with E-state index in [-0.39, 0.29) is 44.2 Å².